The van der Waals surface area contributed by atoms with E-state index in [2.05, 4.69) is 21.0 Å². The normalized spacial score (nSPS) is 15.9. The van der Waals surface area contributed by atoms with E-state index in [1.165, 1.54) is 11.9 Å². The summed E-state index contributed by atoms with van der Waals surface area (Å²) in [6.45, 7) is 3.35. The average molecular weight is 445 g/mol. The molecule has 0 unspecified atom stereocenters. The van der Waals surface area contributed by atoms with E-state index in [1.54, 1.807) is 13.0 Å². The molecular weight excluding hydrogens is 424 g/mol. The second kappa shape index (κ2) is 9.01. The molecule has 28 heavy (non-hydrogen) atoms. The van der Waals surface area contributed by atoms with E-state index in [0.717, 1.165) is 21.3 Å². The van der Waals surface area contributed by atoms with Crippen LogP contribution >= 0.6 is 15.9 Å². The molecule has 0 saturated heterocycles. The van der Waals surface area contributed by atoms with Gasteiger partial charge in [-0.1, -0.05) is 46.3 Å². The Morgan fingerprint density at radius 3 is 2.71 bits per heavy atom. The summed E-state index contributed by atoms with van der Waals surface area (Å²) < 4.78 is 11.5. The fourth-order valence-electron chi connectivity index (χ4n) is 3.11. The largest absolute Gasteiger partial charge is 0.482 e. The Balaban J connectivity index is 1.87. The molecule has 0 N–H and O–H groups in total. The summed E-state index contributed by atoms with van der Waals surface area (Å²) in [5.74, 6) is -0.0501. The van der Waals surface area contributed by atoms with E-state index in [9.17, 15) is 9.59 Å². The van der Waals surface area contributed by atoms with Gasteiger partial charge in [0.2, 0.25) is 5.91 Å². The van der Waals surface area contributed by atoms with Crippen LogP contribution in [0.15, 0.2) is 58.1 Å². The molecule has 0 radical (unpaired) electrons. The number of carbonyl (C=O) groups is 2. The zero-order valence-electron chi connectivity index (χ0n) is 15.7. The number of nitrogens with zero attached hydrogens (tertiary/aromatic N) is 2. The molecule has 6 nitrogen and oxygen atoms in total. The predicted octanol–water partition coefficient (Wildman–Crippen LogP) is 4.09. The van der Waals surface area contributed by atoms with Crippen molar-refractivity contribution in [2.45, 2.75) is 26.3 Å². The SMILES string of the molecule is CCOC(=O)COc1ccccc1[C@H]1CC(c2cccc(Br)c2)=NN1C(C)=O. The van der Waals surface area contributed by atoms with Crippen LogP contribution in [0.25, 0.3) is 0 Å². The maximum atomic E-state index is 12.2. The van der Waals surface area contributed by atoms with Crippen LogP contribution in [0.3, 0.4) is 0 Å². The standard InChI is InChI=1S/C21H21BrN2O4/c1-3-27-21(26)13-28-20-10-5-4-9-17(20)19-12-18(23-24(19)14(2)25)15-7-6-8-16(22)11-15/h4-11,19H,3,12-13H2,1-2H3/t19-/m1/s1. The fourth-order valence-corrected chi connectivity index (χ4v) is 3.51. The molecule has 146 valence electrons. The van der Waals surface area contributed by atoms with Gasteiger partial charge in [-0.15, -0.1) is 0 Å². The average Bonchev–Trinajstić information content (AvgIpc) is 3.12. The van der Waals surface area contributed by atoms with E-state index in [0.29, 0.717) is 18.8 Å². The Kier molecular flexibility index (Phi) is 6.46. The number of halogens is 1. The van der Waals surface area contributed by atoms with Crippen LogP contribution in [0, 0.1) is 0 Å². The number of esters is 1. The van der Waals surface area contributed by atoms with Gasteiger partial charge < -0.3 is 9.47 Å². The van der Waals surface area contributed by atoms with Gasteiger partial charge in [0.25, 0.3) is 0 Å². The summed E-state index contributed by atoms with van der Waals surface area (Å²) in [6, 6.07) is 14.9. The molecule has 0 fully saturated rings. The summed E-state index contributed by atoms with van der Waals surface area (Å²) in [4.78, 5) is 23.9. The molecule has 1 heterocycles. The zero-order valence-corrected chi connectivity index (χ0v) is 17.3. The molecule has 0 bridgehead atoms. The molecule has 0 aliphatic carbocycles. The Hall–Kier alpha value is -2.67. The van der Waals surface area contributed by atoms with Crippen molar-refractivity contribution < 1.29 is 19.1 Å². The molecule has 0 spiro atoms. The van der Waals surface area contributed by atoms with E-state index in [-0.39, 0.29) is 18.6 Å². The smallest absolute Gasteiger partial charge is 0.344 e. The van der Waals surface area contributed by atoms with Gasteiger partial charge in [-0.05, 0) is 30.7 Å². The van der Waals surface area contributed by atoms with Crippen molar-refractivity contribution in [1.29, 1.82) is 0 Å². The van der Waals surface area contributed by atoms with E-state index in [1.807, 2.05) is 42.5 Å². The maximum Gasteiger partial charge on any atom is 0.344 e. The third-order valence-corrected chi connectivity index (χ3v) is 4.81. The van der Waals surface area contributed by atoms with Gasteiger partial charge in [0.1, 0.15) is 5.75 Å². The van der Waals surface area contributed by atoms with Gasteiger partial charge in [0.15, 0.2) is 6.61 Å². The van der Waals surface area contributed by atoms with E-state index in [4.69, 9.17) is 9.47 Å². The lowest BCUT2D eigenvalue weighted by Gasteiger charge is -2.22. The van der Waals surface area contributed by atoms with E-state index >= 15 is 0 Å². The van der Waals surface area contributed by atoms with Crippen LogP contribution in [0.2, 0.25) is 0 Å². The summed E-state index contributed by atoms with van der Waals surface area (Å²) in [5, 5.41) is 6.03. The fraction of sp³-hybridized carbons (Fsp3) is 0.286. The lowest BCUT2D eigenvalue weighted by molar-refractivity contribution is -0.145. The summed E-state index contributed by atoms with van der Waals surface area (Å²) >= 11 is 3.47. The van der Waals surface area contributed by atoms with Crippen molar-refractivity contribution in [3.63, 3.8) is 0 Å². The third kappa shape index (κ3) is 4.59. The Morgan fingerprint density at radius 1 is 1.21 bits per heavy atom. The van der Waals surface area contributed by atoms with Gasteiger partial charge in [0, 0.05) is 23.4 Å². The van der Waals surface area contributed by atoms with Gasteiger partial charge >= 0.3 is 5.97 Å². The minimum atomic E-state index is -0.432. The number of carbonyl (C=O) groups excluding carboxylic acids is 2. The number of hydrogen-bond acceptors (Lipinski definition) is 5. The Bertz CT molecular complexity index is 913. The first-order chi connectivity index (χ1) is 13.5. The Labute approximate surface area is 172 Å². The highest BCUT2D eigenvalue weighted by atomic mass is 79.9. The number of hydrogen-bond donors (Lipinski definition) is 0. The lowest BCUT2D eigenvalue weighted by Crippen LogP contribution is -2.25. The van der Waals surface area contributed by atoms with Crippen LogP contribution in [0.1, 0.15) is 37.4 Å². The molecule has 3 rings (SSSR count). The minimum Gasteiger partial charge on any atom is -0.482 e. The van der Waals surface area contributed by atoms with Crippen LogP contribution in [-0.2, 0) is 14.3 Å². The van der Waals surface area contributed by atoms with Crippen molar-refractivity contribution in [2.75, 3.05) is 13.2 Å². The van der Waals surface area contributed by atoms with Gasteiger partial charge in [-0.2, -0.15) is 5.10 Å². The summed E-state index contributed by atoms with van der Waals surface area (Å²) in [5.41, 5.74) is 2.57. The van der Waals surface area contributed by atoms with Crippen molar-refractivity contribution in [1.82, 2.24) is 5.01 Å². The first kappa shape index (κ1) is 20.1. The Morgan fingerprint density at radius 2 is 2.00 bits per heavy atom. The molecule has 2 aromatic carbocycles. The van der Waals surface area contributed by atoms with Crippen molar-refractivity contribution in [2.24, 2.45) is 5.10 Å². The van der Waals surface area contributed by atoms with Crippen LogP contribution in [0.4, 0.5) is 0 Å². The number of benzene rings is 2. The minimum absolute atomic E-state index is 0.157. The predicted molar refractivity (Wildman–Crippen MR) is 109 cm³/mol. The molecule has 2 aromatic rings. The second-order valence-electron chi connectivity index (χ2n) is 6.27. The van der Waals surface area contributed by atoms with E-state index < -0.39 is 5.97 Å². The summed E-state index contributed by atoms with van der Waals surface area (Å²) in [6.07, 6.45) is 0.551. The molecule has 1 atom stereocenters. The first-order valence-electron chi connectivity index (χ1n) is 9.00. The number of para-hydroxylation sites is 1. The number of ether oxygens (including phenoxy) is 2. The lowest BCUT2D eigenvalue weighted by atomic mass is 9.97. The first-order valence-corrected chi connectivity index (χ1v) is 9.79. The van der Waals surface area contributed by atoms with Gasteiger partial charge in [-0.3, -0.25) is 4.79 Å². The van der Waals surface area contributed by atoms with Crippen molar-refractivity contribution in [3.05, 3.63) is 64.1 Å². The number of rotatable bonds is 6. The number of amides is 1. The van der Waals surface area contributed by atoms with Crippen LogP contribution in [0.5, 0.6) is 5.75 Å². The summed E-state index contributed by atoms with van der Waals surface area (Å²) in [7, 11) is 0. The monoisotopic (exact) mass is 444 g/mol. The van der Waals surface area contributed by atoms with Crippen LogP contribution < -0.4 is 4.74 Å². The van der Waals surface area contributed by atoms with Crippen molar-refractivity contribution in [3.8, 4) is 5.75 Å². The van der Waals surface area contributed by atoms with Crippen LogP contribution in [-0.4, -0.2) is 35.8 Å². The molecule has 1 aliphatic rings. The van der Waals surface area contributed by atoms with Gasteiger partial charge in [-0.25, -0.2) is 9.80 Å². The highest BCUT2D eigenvalue weighted by molar-refractivity contribution is 9.10. The number of hydrazone groups is 1. The van der Waals surface area contributed by atoms with Crippen molar-refractivity contribution >= 4 is 33.5 Å². The quantitative estimate of drug-likeness (QED) is 0.629. The molecule has 1 amide bonds. The van der Waals surface area contributed by atoms with Gasteiger partial charge in [0.05, 0.1) is 18.4 Å². The molecule has 7 heteroatoms. The molecular formula is C21H21BrN2O4. The maximum absolute atomic E-state index is 12.2. The topological polar surface area (TPSA) is 68.2 Å². The molecule has 0 saturated carbocycles. The second-order valence-corrected chi connectivity index (χ2v) is 7.19. The zero-order chi connectivity index (χ0) is 20.1. The third-order valence-electron chi connectivity index (χ3n) is 4.32. The highest BCUT2D eigenvalue weighted by Crippen LogP contribution is 2.37. The molecule has 0 aromatic heterocycles. The highest BCUT2D eigenvalue weighted by Gasteiger charge is 2.33. The molecule has 1 aliphatic heterocycles.